The van der Waals surface area contributed by atoms with Crippen LogP contribution in [0.2, 0.25) is 0 Å². The molecular weight excluding hydrogens is 334 g/mol. The first-order valence-corrected chi connectivity index (χ1v) is 12.3. The van der Waals surface area contributed by atoms with E-state index in [1.807, 2.05) is 6.92 Å². The average Bonchev–Trinajstić information content (AvgIpc) is 2.66. The van der Waals surface area contributed by atoms with Crippen molar-refractivity contribution >= 4 is 0 Å². The summed E-state index contributed by atoms with van der Waals surface area (Å²) >= 11 is 0. The Hall–Kier alpha value is -0.600. The molecule has 0 heterocycles. The Morgan fingerprint density at radius 3 is 1.15 bits per heavy atom. The summed E-state index contributed by atoms with van der Waals surface area (Å²) < 4.78 is 0. The molecule has 0 saturated carbocycles. The highest BCUT2D eigenvalue weighted by atomic mass is 16.7. The van der Waals surface area contributed by atoms with E-state index in [1.165, 1.54) is 122 Å². The van der Waals surface area contributed by atoms with Gasteiger partial charge in [-0.1, -0.05) is 129 Å². The van der Waals surface area contributed by atoms with Crippen molar-refractivity contribution in [3.63, 3.8) is 0 Å². The fraction of sp³-hybridized carbons (Fsp3) is 1.00. The molecule has 27 heavy (non-hydrogen) atoms. The molecule has 162 valence electrons. The first-order chi connectivity index (χ1) is 13.3. The van der Waals surface area contributed by atoms with Crippen molar-refractivity contribution in [1.29, 1.82) is 0 Å². The minimum absolute atomic E-state index is 0.0157. The lowest BCUT2D eigenvalue weighted by Gasteiger charge is -2.06. The van der Waals surface area contributed by atoms with Gasteiger partial charge in [0.15, 0.2) is 5.34 Å². The topological polar surface area (TPSA) is 38.7 Å². The molecule has 0 radical (unpaired) electrons. The van der Waals surface area contributed by atoms with Gasteiger partial charge in [0.25, 0.3) is 0 Å². The van der Waals surface area contributed by atoms with Gasteiger partial charge >= 0.3 is 0 Å². The van der Waals surface area contributed by atoms with Crippen LogP contribution in [0.25, 0.3) is 0 Å². The third kappa shape index (κ3) is 23.4. The molecule has 0 aliphatic carbocycles. The van der Waals surface area contributed by atoms with Crippen LogP contribution in [0.5, 0.6) is 0 Å². The van der Waals surface area contributed by atoms with Crippen LogP contribution in [-0.2, 0) is 4.84 Å². The number of hydrogen-bond acceptors (Lipinski definition) is 3. The zero-order valence-corrected chi connectivity index (χ0v) is 18.7. The maximum Gasteiger partial charge on any atom is 0.155 e. The smallest absolute Gasteiger partial charge is 0.155 e. The number of nitrogens with zero attached hydrogens (tertiary/aromatic N) is 1. The van der Waals surface area contributed by atoms with Gasteiger partial charge in [-0.25, -0.2) is 0 Å². The van der Waals surface area contributed by atoms with Gasteiger partial charge < -0.3 is 4.84 Å². The highest BCUT2D eigenvalue weighted by Gasteiger charge is 2.02. The molecule has 3 nitrogen and oxygen atoms in total. The molecule has 0 aliphatic rings. The molecule has 1 unspecified atom stereocenters. The van der Waals surface area contributed by atoms with Crippen LogP contribution in [0.1, 0.15) is 149 Å². The Balaban J connectivity index is 3.02. The quantitative estimate of drug-likeness (QED) is 0.100. The standard InChI is InChI=1S/C24H49NO2/c1-3-4-5-6-7-8-9-10-11-12-13-14-15-16-17-18-19-20-21-22-23-24(2)27-25-26/h24H,3-23H2,1-2H3. The van der Waals surface area contributed by atoms with Crippen molar-refractivity contribution in [1.82, 2.24) is 0 Å². The van der Waals surface area contributed by atoms with Gasteiger partial charge in [0.1, 0.15) is 6.10 Å². The summed E-state index contributed by atoms with van der Waals surface area (Å²) in [6.07, 6.45) is 29.0. The summed E-state index contributed by atoms with van der Waals surface area (Å²) in [5.74, 6) is 0. The zero-order valence-electron chi connectivity index (χ0n) is 18.7. The van der Waals surface area contributed by atoms with Crippen LogP contribution in [0.3, 0.4) is 0 Å². The van der Waals surface area contributed by atoms with Gasteiger partial charge in [0.05, 0.1) is 0 Å². The normalized spacial score (nSPS) is 12.2. The van der Waals surface area contributed by atoms with Crippen molar-refractivity contribution in [3.05, 3.63) is 4.91 Å². The van der Waals surface area contributed by atoms with E-state index in [4.69, 9.17) is 0 Å². The second-order valence-electron chi connectivity index (χ2n) is 8.50. The molecule has 0 amide bonds. The summed E-state index contributed by atoms with van der Waals surface area (Å²) in [6, 6.07) is 0. The van der Waals surface area contributed by atoms with Crippen LogP contribution in [0.15, 0.2) is 5.34 Å². The summed E-state index contributed by atoms with van der Waals surface area (Å²) in [6.45, 7) is 4.20. The van der Waals surface area contributed by atoms with Gasteiger partial charge in [-0.2, -0.15) is 0 Å². The Morgan fingerprint density at radius 1 is 0.556 bits per heavy atom. The maximum atomic E-state index is 9.95. The van der Waals surface area contributed by atoms with Crippen molar-refractivity contribution in [2.45, 2.75) is 155 Å². The molecule has 0 rings (SSSR count). The van der Waals surface area contributed by atoms with E-state index in [1.54, 1.807) is 0 Å². The van der Waals surface area contributed by atoms with Crippen molar-refractivity contribution in [2.75, 3.05) is 0 Å². The number of hydrogen-bond donors (Lipinski definition) is 0. The molecule has 0 N–H and O–H groups in total. The zero-order chi connectivity index (χ0) is 19.8. The maximum absolute atomic E-state index is 9.95. The lowest BCUT2D eigenvalue weighted by Crippen LogP contribution is -2.02. The van der Waals surface area contributed by atoms with Gasteiger partial charge in [0.2, 0.25) is 0 Å². The largest absolute Gasteiger partial charge is 0.361 e. The minimum atomic E-state index is -0.0157. The van der Waals surface area contributed by atoms with Gasteiger partial charge in [0, 0.05) is 0 Å². The van der Waals surface area contributed by atoms with E-state index in [-0.39, 0.29) is 6.10 Å². The van der Waals surface area contributed by atoms with E-state index in [2.05, 4.69) is 17.1 Å². The fourth-order valence-corrected chi connectivity index (χ4v) is 3.81. The second-order valence-corrected chi connectivity index (χ2v) is 8.50. The van der Waals surface area contributed by atoms with Crippen LogP contribution >= 0.6 is 0 Å². The third-order valence-corrected chi connectivity index (χ3v) is 5.69. The molecule has 0 saturated heterocycles. The van der Waals surface area contributed by atoms with Crippen LogP contribution in [-0.4, -0.2) is 6.10 Å². The first kappa shape index (κ1) is 26.4. The molecule has 0 bridgehead atoms. The van der Waals surface area contributed by atoms with Crippen LogP contribution in [0.4, 0.5) is 0 Å². The van der Waals surface area contributed by atoms with Crippen LogP contribution < -0.4 is 0 Å². The summed E-state index contributed by atoms with van der Waals surface area (Å²) in [5, 5.41) is 2.49. The van der Waals surface area contributed by atoms with Crippen molar-refractivity contribution in [3.8, 4) is 0 Å². The van der Waals surface area contributed by atoms with E-state index < -0.39 is 0 Å². The SMILES string of the molecule is CCCCCCCCCCCCCCCCCCCCCCC(C)ON=O. The summed E-state index contributed by atoms with van der Waals surface area (Å²) in [4.78, 5) is 14.6. The highest BCUT2D eigenvalue weighted by Crippen LogP contribution is 2.15. The lowest BCUT2D eigenvalue weighted by molar-refractivity contribution is 0.0607. The first-order valence-electron chi connectivity index (χ1n) is 12.3. The Bertz CT molecular complexity index is 284. The van der Waals surface area contributed by atoms with Crippen molar-refractivity contribution < 1.29 is 4.84 Å². The van der Waals surface area contributed by atoms with Crippen LogP contribution in [0, 0.1) is 4.91 Å². The molecule has 0 spiro atoms. The summed E-state index contributed by atoms with van der Waals surface area (Å²) in [7, 11) is 0. The molecule has 0 aromatic heterocycles. The third-order valence-electron chi connectivity index (χ3n) is 5.69. The number of rotatable bonds is 23. The van der Waals surface area contributed by atoms with Gasteiger partial charge in [-0.3, -0.25) is 0 Å². The summed E-state index contributed by atoms with van der Waals surface area (Å²) in [5.41, 5.74) is 0. The minimum Gasteiger partial charge on any atom is -0.361 e. The Morgan fingerprint density at radius 2 is 0.852 bits per heavy atom. The van der Waals surface area contributed by atoms with Gasteiger partial charge in [-0.15, -0.1) is 4.91 Å². The lowest BCUT2D eigenvalue weighted by atomic mass is 10.0. The number of unbranched alkanes of at least 4 members (excludes halogenated alkanes) is 19. The molecule has 3 heteroatoms. The Labute approximate surface area is 170 Å². The second kappa shape index (κ2) is 23.4. The van der Waals surface area contributed by atoms with Gasteiger partial charge in [-0.05, 0) is 19.8 Å². The van der Waals surface area contributed by atoms with E-state index in [9.17, 15) is 4.91 Å². The molecular formula is C24H49NO2. The molecule has 0 fully saturated rings. The van der Waals surface area contributed by atoms with E-state index in [0.29, 0.717) is 0 Å². The fourth-order valence-electron chi connectivity index (χ4n) is 3.81. The van der Waals surface area contributed by atoms with E-state index >= 15 is 0 Å². The molecule has 0 aliphatic heterocycles. The predicted octanol–water partition coefficient (Wildman–Crippen LogP) is 9.28. The molecule has 0 aromatic rings. The Kier molecular flexibility index (Phi) is 22.9. The monoisotopic (exact) mass is 383 g/mol. The predicted molar refractivity (Wildman–Crippen MR) is 119 cm³/mol. The molecule has 1 atom stereocenters. The average molecular weight is 384 g/mol. The van der Waals surface area contributed by atoms with E-state index in [0.717, 1.165) is 12.8 Å². The molecule has 0 aromatic carbocycles. The highest BCUT2D eigenvalue weighted by molar-refractivity contribution is 4.53. The van der Waals surface area contributed by atoms with Crippen molar-refractivity contribution in [2.24, 2.45) is 5.34 Å².